The molecule has 3 rings (SSSR count). The number of aliphatic imine (C=N–C) groups is 1. The molecule has 0 unspecified atom stereocenters. The van der Waals surface area contributed by atoms with Gasteiger partial charge >= 0.3 is 0 Å². The first-order valence-corrected chi connectivity index (χ1v) is 7.47. The molecular formula is C16H13BrN4O. The summed E-state index contributed by atoms with van der Waals surface area (Å²) in [5.41, 5.74) is 1.91. The molecule has 0 fully saturated rings. The predicted molar refractivity (Wildman–Crippen MR) is 90.3 cm³/mol. The summed E-state index contributed by atoms with van der Waals surface area (Å²) in [6.07, 6.45) is 3.21. The van der Waals surface area contributed by atoms with E-state index in [2.05, 4.69) is 31.0 Å². The van der Waals surface area contributed by atoms with Crippen molar-refractivity contribution < 1.29 is 0 Å². The third-order valence-electron chi connectivity index (χ3n) is 3.18. The second kappa shape index (κ2) is 6.11. The van der Waals surface area contributed by atoms with Crippen molar-refractivity contribution in [1.29, 1.82) is 0 Å². The van der Waals surface area contributed by atoms with Crippen LogP contribution in [0.2, 0.25) is 0 Å². The molecular weight excluding hydrogens is 344 g/mol. The van der Waals surface area contributed by atoms with Crippen LogP contribution in [0, 0.1) is 6.92 Å². The highest BCUT2D eigenvalue weighted by molar-refractivity contribution is 9.10. The number of aromatic amines is 1. The first-order valence-electron chi connectivity index (χ1n) is 6.68. The van der Waals surface area contributed by atoms with Crippen molar-refractivity contribution in [3.8, 4) is 5.69 Å². The summed E-state index contributed by atoms with van der Waals surface area (Å²) >= 11 is 3.38. The fourth-order valence-electron chi connectivity index (χ4n) is 2.04. The summed E-state index contributed by atoms with van der Waals surface area (Å²) in [5.74, 6) is 0.567. The van der Waals surface area contributed by atoms with Crippen LogP contribution in [0.4, 0.5) is 5.82 Å². The van der Waals surface area contributed by atoms with Gasteiger partial charge in [-0.1, -0.05) is 22.0 Å². The lowest BCUT2D eigenvalue weighted by Crippen LogP contribution is -2.17. The molecule has 0 saturated carbocycles. The van der Waals surface area contributed by atoms with Crippen LogP contribution in [-0.4, -0.2) is 21.0 Å². The summed E-state index contributed by atoms with van der Waals surface area (Å²) in [6, 6.07) is 13.0. The van der Waals surface area contributed by atoms with E-state index in [1.165, 1.54) is 4.68 Å². The number of nitrogens with one attached hydrogen (secondary N) is 1. The molecule has 3 aromatic rings. The fourth-order valence-corrected chi connectivity index (χ4v) is 2.31. The first-order chi connectivity index (χ1) is 10.6. The van der Waals surface area contributed by atoms with Gasteiger partial charge in [0, 0.05) is 22.6 Å². The molecule has 0 amide bonds. The van der Waals surface area contributed by atoms with Gasteiger partial charge in [-0.15, -0.1) is 0 Å². The first kappa shape index (κ1) is 14.5. The molecule has 0 radical (unpaired) electrons. The number of hydrogen-bond donors (Lipinski definition) is 1. The highest BCUT2D eigenvalue weighted by atomic mass is 79.9. The smallest absolute Gasteiger partial charge is 0.280 e. The summed E-state index contributed by atoms with van der Waals surface area (Å²) in [6.45, 7) is 1.84. The number of pyridine rings is 1. The monoisotopic (exact) mass is 356 g/mol. The molecule has 22 heavy (non-hydrogen) atoms. The summed E-state index contributed by atoms with van der Waals surface area (Å²) in [7, 11) is 0. The molecule has 6 heteroatoms. The standard InChI is InChI=1S/C16H13BrN4O/c1-11-14(10-19-15-4-2-3-9-18-15)16(22)21(20-11)13-7-5-12(17)6-8-13/h2-10,20H,1H3. The van der Waals surface area contributed by atoms with Gasteiger partial charge in [0.15, 0.2) is 5.82 Å². The highest BCUT2D eigenvalue weighted by Crippen LogP contribution is 2.13. The Bertz CT molecular complexity index is 863. The van der Waals surface area contributed by atoms with Gasteiger partial charge < -0.3 is 0 Å². The normalized spacial score (nSPS) is 11.2. The quantitative estimate of drug-likeness (QED) is 0.731. The van der Waals surface area contributed by atoms with Crippen LogP contribution < -0.4 is 5.56 Å². The lowest BCUT2D eigenvalue weighted by molar-refractivity contribution is 0.835. The van der Waals surface area contributed by atoms with Crippen LogP contribution in [0.3, 0.4) is 0 Å². The maximum absolute atomic E-state index is 12.5. The Morgan fingerprint density at radius 3 is 2.68 bits per heavy atom. The van der Waals surface area contributed by atoms with Crippen LogP contribution in [-0.2, 0) is 0 Å². The van der Waals surface area contributed by atoms with Gasteiger partial charge in [-0.25, -0.2) is 14.7 Å². The number of aromatic nitrogens is 3. The minimum absolute atomic E-state index is 0.139. The zero-order valence-electron chi connectivity index (χ0n) is 11.8. The van der Waals surface area contributed by atoms with E-state index in [9.17, 15) is 4.79 Å². The highest BCUT2D eigenvalue weighted by Gasteiger charge is 2.10. The van der Waals surface area contributed by atoms with Crippen molar-refractivity contribution in [3.63, 3.8) is 0 Å². The lowest BCUT2D eigenvalue weighted by Gasteiger charge is -2.00. The molecule has 110 valence electrons. The topological polar surface area (TPSA) is 63.0 Å². The minimum atomic E-state index is -0.139. The van der Waals surface area contributed by atoms with Crippen LogP contribution >= 0.6 is 15.9 Å². The third kappa shape index (κ3) is 2.92. The zero-order valence-corrected chi connectivity index (χ0v) is 13.4. The molecule has 0 bridgehead atoms. The zero-order chi connectivity index (χ0) is 15.5. The second-order valence-corrected chi connectivity index (χ2v) is 5.63. The number of halogens is 1. The van der Waals surface area contributed by atoms with Gasteiger partial charge in [-0.2, -0.15) is 0 Å². The summed E-state index contributed by atoms with van der Waals surface area (Å²) < 4.78 is 2.46. The average Bonchev–Trinajstić information content (AvgIpc) is 2.82. The van der Waals surface area contributed by atoms with Gasteiger partial charge in [0.25, 0.3) is 5.56 Å². The molecule has 0 aliphatic heterocycles. The molecule has 0 atom stereocenters. The number of rotatable bonds is 3. The maximum atomic E-state index is 12.5. The van der Waals surface area contributed by atoms with Crippen molar-refractivity contribution in [2.24, 2.45) is 4.99 Å². The van der Waals surface area contributed by atoms with Crippen molar-refractivity contribution >= 4 is 28.0 Å². The van der Waals surface area contributed by atoms with Crippen LogP contribution in [0.15, 0.2) is 62.9 Å². The molecule has 0 aliphatic rings. The van der Waals surface area contributed by atoms with Crippen LogP contribution in [0.25, 0.3) is 5.69 Å². The molecule has 2 heterocycles. The predicted octanol–water partition coefficient (Wildman–Crippen LogP) is 3.38. The molecule has 1 aromatic carbocycles. The number of nitrogens with zero attached hydrogens (tertiary/aromatic N) is 3. The number of benzene rings is 1. The average molecular weight is 357 g/mol. The molecule has 5 nitrogen and oxygen atoms in total. The molecule has 0 aliphatic carbocycles. The maximum Gasteiger partial charge on any atom is 0.280 e. The molecule has 0 saturated heterocycles. The van der Waals surface area contributed by atoms with Gasteiger partial charge in [0.05, 0.1) is 11.3 Å². The SMILES string of the molecule is Cc1[nH]n(-c2ccc(Br)cc2)c(=O)c1C=Nc1ccccn1. The van der Waals surface area contributed by atoms with E-state index in [0.29, 0.717) is 11.4 Å². The van der Waals surface area contributed by atoms with Gasteiger partial charge in [-0.3, -0.25) is 9.89 Å². The molecule has 2 aromatic heterocycles. The van der Waals surface area contributed by atoms with E-state index in [0.717, 1.165) is 15.9 Å². The second-order valence-electron chi connectivity index (χ2n) is 4.71. The van der Waals surface area contributed by atoms with E-state index in [1.54, 1.807) is 18.5 Å². The molecule has 0 spiro atoms. The Morgan fingerprint density at radius 2 is 2.00 bits per heavy atom. The fraction of sp³-hybridized carbons (Fsp3) is 0.0625. The Hall–Kier alpha value is -2.47. The van der Waals surface area contributed by atoms with Gasteiger partial charge in [-0.05, 0) is 43.3 Å². The van der Waals surface area contributed by atoms with Crippen molar-refractivity contribution in [1.82, 2.24) is 14.8 Å². The van der Waals surface area contributed by atoms with Crippen molar-refractivity contribution in [2.75, 3.05) is 0 Å². The number of aryl methyl sites for hydroxylation is 1. The van der Waals surface area contributed by atoms with Gasteiger partial charge in [0.2, 0.25) is 0 Å². The van der Waals surface area contributed by atoms with E-state index < -0.39 is 0 Å². The largest absolute Gasteiger partial charge is 0.295 e. The lowest BCUT2D eigenvalue weighted by atomic mass is 10.3. The van der Waals surface area contributed by atoms with Crippen molar-refractivity contribution in [3.05, 3.63) is 74.7 Å². The third-order valence-corrected chi connectivity index (χ3v) is 3.71. The van der Waals surface area contributed by atoms with E-state index in [4.69, 9.17) is 0 Å². The number of hydrogen-bond acceptors (Lipinski definition) is 3. The van der Waals surface area contributed by atoms with E-state index in [1.807, 2.05) is 43.3 Å². The number of H-pyrrole nitrogens is 1. The Balaban J connectivity index is 1.99. The van der Waals surface area contributed by atoms with E-state index >= 15 is 0 Å². The van der Waals surface area contributed by atoms with Gasteiger partial charge in [0.1, 0.15) is 0 Å². The van der Waals surface area contributed by atoms with Crippen molar-refractivity contribution in [2.45, 2.75) is 6.92 Å². The Kier molecular flexibility index (Phi) is 4.02. The van der Waals surface area contributed by atoms with E-state index in [-0.39, 0.29) is 5.56 Å². The summed E-state index contributed by atoms with van der Waals surface area (Å²) in [4.78, 5) is 20.9. The summed E-state index contributed by atoms with van der Waals surface area (Å²) in [5, 5.41) is 3.06. The minimum Gasteiger partial charge on any atom is -0.295 e. The van der Waals surface area contributed by atoms with Crippen LogP contribution in [0.1, 0.15) is 11.3 Å². The Labute approximate surface area is 135 Å². The van der Waals surface area contributed by atoms with Crippen LogP contribution in [0.5, 0.6) is 0 Å². The Morgan fingerprint density at radius 1 is 1.23 bits per heavy atom. The molecule has 1 N–H and O–H groups in total.